The van der Waals surface area contributed by atoms with Crippen LogP contribution in [0.2, 0.25) is 0 Å². The van der Waals surface area contributed by atoms with Gasteiger partial charge >= 0.3 is 0 Å². The molecule has 0 heterocycles. The summed E-state index contributed by atoms with van der Waals surface area (Å²) in [6, 6.07) is 7.13. The maximum absolute atomic E-state index is 12.0. The molecule has 1 aliphatic carbocycles. The van der Waals surface area contributed by atoms with E-state index in [-0.39, 0.29) is 12.0 Å². The van der Waals surface area contributed by atoms with Crippen LogP contribution in [-0.4, -0.2) is 32.8 Å². The second kappa shape index (κ2) is 5.87. The van der Waals surface area contributed by atoms with Crippen molar-refractivity contribution >= 4 is 5.91 Å². The van der Waals surface area contributed by atoms with Gasteiger partial charge in [0.25, 0.3) is 5.91 Å². The van der Waals surface area contributed by atoms with Gasteiger partial charge in [0.15, 0.2) is 0 Å². The van der Waals surface area contributed by atoms with E-state index in [4.69, 9.17) is 9.47 Å². The zero-order chi connectivity index (χ0) is 13.0. The van der Waals surface area contributed by atoms with Crippen LogP contribution >= 0.6 is 0 Å². The Morgan fingerprint density at radius 3 is 2.83 bits per heavy atom. The molecule has 0 aromatic heterocycles. The first-order chi connectivity index (χ1) is 8.74. The Morgan fingerprint density at radius 2 is 2.22 bits per heavy atom. The standard InChI is InChI=1S/C14H19NO3/c1-17-12-5-3-4-11(8-12)14(16)15-9-13(18-2)10-6-7-10/h3-5,8,10,13H,6-7,9H2,1-2H3,(H,15,16). The largest absolute Gasteiger partial charge is 0.497 e. The number of hydrogen-bond donors (Lipinski definition) is 1. The molecule has 1 aliphatic rings. The molecule has 1 unspecified atom stereocenters. The molecular weight excluding hydrogens is 230 g/mol. The minimum Gasteiger partial charge on any atom is -0.497 e. The third kappa shape index (κ3) is 3.23. The predicted molar refractivity (Wildman–Crippen MR) is 68.8 cm³/mol. The molecule has 18 heavy (non-hydrogen) atoms. The Bertz CT molecular complexity index is 415. The van der Waals surface area contributed by atoms with Crippen molar-refractivity contribution in [2.75, 3.05) is 20.8 Å². The summed E-state index contributed by atoms with van der Waals surface area (Å²) in [4.78, 5) is 12.0. The van der Waals surface area contributed by atoms with Crippen molar-refractivity contribution in [3.63, 3.8) is 0 Å². The van der Waals surface area contributed by atoms with Gasteiger partial charge in [-0.25, -0.2) is 0 Å². The molecule has 2 rings (SSSR count). The molecule has 1 aromatic rings. The van der Waals surface area contributed by atoms with Gasteiger partial charge in [0, 0.05) is 19.2 Å². The Kier molecular flexibility index (Phi) is 4.20. The first kappa shape index (κ1) is 12.9. The molecule has 0 spiro atoms. The first-order valence-corrected chi connectivity index (χ1v) is 6.19. The normalized spacial score (nSPS) is 16.1. The van der Waals surface area contributed by atoms with Gasteiger partial charge in [-0.3, -0.25) is 4.79 Å². The highest BCUT2D eigenvalue weighted by Gasteiger charge is 2.31. The third-order valence-corrected chi connectivity index (χ3v) is 3.25. The predicted octanol–water partition coefficient (Wildman–Crippen LogP) is 1.85. The first-order valence-electron chi connectivity index (χ1n) is 6.19. The maximum Gasteiger partial charge on any atom is 0.251 e. The van der Waals surface area contributed by atoms with Gasteiger partial charge in [0.05, 0.1) is 13.2 Å². The van der Waals surface area contributed by atoms with Crippen molar-refractivity contribution in [2.24, 2.45) is 5.92 Å². The fraction of sp³-hybridized carbons (Fsp3) is 0.500. The molecule has 98 valence electrons. The van der Waals surface area contributed by atoms with Crippen LogP contribution in [-0.2, 0) is 4.74 Å². The summed E-state index contributed by atoms with van der Waals surface area (Å²) in [5, 5.41) is 2.90. The van der Waals surface area contributed by atoms with Gasteiger partial charge in [-0.05, 0) is 37.0 Å². The number of methoxy groups -OCH3 is 2. The molecule has 0 bridgehead atoms. The van der Waals surface area contributed by atoms with Gasteiger partial charge in [0.1, 0.15) is 5.75 Å². The van der Waals surface area contributed by atoms with Crippen molar-refractivity contribution in [2.45, 2.75) is 18.9 Å². The number of rotatable bonds is 6. The Balaban J connectivity index is 1.90. The summed E-state index contributed by atoms with van der Waals surface area (Å²) in [5.41, 5.74) is 0.611. The topological polar surface area (TPSA) is 47.6 Å². The van der Waals surface area contributed by atoms with E-state index in [2.05, 4.69) is 5.32 Å². The molecule has 1 amide bonds. The molecule has 0 aliphatic heterocycles. The summed E-state index contributed by atoms with van der Waals surface area (Å²) in [6.45, 7) is 0.567. The Hall–Kier alpha value is -1.55. The van der Waals surface area contributed by atoms with E-state index in [1.54, 1.807) is 26.4 Å². The van der Waals surface area contributed by atoms with E-state index < -0.39 is 0 Å². The SMILES string of the molecule is COc1cccc(C(=O)NCC(OC)C2CC2)c1. The molecule has 1 atom stereocenters. The van der Waals surface area contributed by atoms with Gasteiger partial charge in [0.2, 0.25) is 0 Å². The molecule has 1 aromatic carbocycles. The van der Waals surface area contributed by atoms with Crippen molar-refractivity contribution in [3.8, 4) is 5.75 Å². The summed E-state index contributed by atoms with van der Waals surface area (Å²) < 4.78 is 10.5. The van der Waals surface area contributed by atoms with E-state index in [9.17, 15) is 4.79 Å². The zero-order valence-electron chi connectivity index (χ0n) is 10.8. The smallest absolute Gasteiger partial charge is 0.251 e. The molecule has 1 N–H and O–H groups in total. The number of carbonyl (C=O) groups excluding carboxylic acids is 1. The lowest BCUT2D eigenvalue weighted by Gasteiger charge is -2.15. The lowest BCUT2D eigenvalue weighted by atomic mass is 10.2. The van der Waals surface area contributed by atoms with Gasteiger partial charge in [-0.2, -0.15) is 0 Å². The van der Waals surface area contributed by atoms with E-state index >= 15 is 0 Å². The van der Waals surface area contributed by atoms with Gasteiger partial charge in [-0.15, -0.1) is 0 Å². The average molecular weight is 249 g/mol. The minimum absolute atomic E-state index is 0.0865. The van der Waals surface area contributed by atoms with Crippen LogP contribution in [0.25, 0.3) is 0 Å². The van der Waals surface area contributed by atoms with Crippen molar-refractivity contribution < 1.29 is 14.3 Å². The van der Waals surface area contributed by atoms with Crippen LogP contribution in [0.15, 0.2) is 24.3 Å². The Labute approximate surface area is 107 Å². The second-order valence-electron chi connectivity index (χ2n) is 4.55. The van der Waals surface area contributed by atoms with Crippen LogP contribution in [0.3, 0.4) is 0 Å². The van der Waals surface area contributed by atoms with E-state index in [0.717, 1.165) is 0 Å². The van der Waals surface area contributed by atoms with Crippen LogP contribution in [0, 0.1) is 5.92 Å². The van der Waals surface area contributed by atoms with E-state index in [0.29, 0.717) is 23.8 Å². The van der Waals surface area contributed by atoms with Crippen molar-refractivity contribution in [1.82, 2.24) is 5.32 Å². The minimum atomic E-state index is -0.0865. The number of hydrogen-bond acceptors (Lipinski definition) is 3. The number of carbonyl (C=O) groups is 1. The molecular formula is C14H19NO3. The third-order valence-electron chi connectivity index (χ3n) is 3.25. The molecule has 4 nitrogen and oxygen atoms in total. The highest BCUT2D eigenvalue weighted by molar-refractivity contribution is 5.94. The summed E-state index contributed by atoms with van der Waals surface area (Å²) >= 11 is 0. The van der Waals surface area contributed by atoms with Gasteiger partial charge in [-0.1, -0.05) is 6.07 Å². The fourth-order valence-electron chi connectivity index (χ4n) is 1.97. The summed E-state index contributed by atoms with van der Waals surface area (Å²) in [5.74, 6) is 1.21. The fourth-order valence-corrected chi connectivity index (χ4v) is 1.97. The number of amides is 1. The molecule has 1 saturated carbocycles. The number of benzene rings is 1. The maximum atomic E-state index is 12.0. The summed E-state index contributed by atoms with van der Waals surface area (Å²) in [6.07, 6.45) is 2.54. The highest BCUT2D eigenvalue weighted by atomic mass is 16.5. The lowest BCUT2D eigenvalue weighted by molar-refractivity contribution is 0.0741. The Morgan fingerprint density at radius 1 is 1.44 bits per heavy atom. The molecule has 1 fully saturated rings. The number of nitrogens with one attached hydrogen (secondary N) is 1. The van der Waals surface area contributed by atoms with Crippen LogP contribution in [0.4, 0.5) is 0 Å². The molecule has 0 radical (unpaired) electrons. The molecule has 4 heteroatoms. The second-order valence-corrected chi connectivity index (χ2v) is 4.55. The van der Waals surface area contributed by atoms with Gasteiger partial charge < -0.3 is 14.8 Å². The van der Waals surface area contributed by atoms with Crippen molar-refractivity contribution in [3.05, 3.63) is 29.8 Å². The molecule has 0 saturated heterocycles. The zero-order valence-corrected chi connectivity index (χ0v) is 10.8. The monoisotopic (exact) mass is 249 g/mol. The van der Waals surface area contributed by atoms with Crippen LogP contribution in [0.5, 0.6) is 5.75 Å². The van der Waals surface area contributed by atoms with E-state index in [1.807, 2.05) is 12.1 Å². The van der Waals surface area contributed by atoms with E-state index in [1.165, 1.54) is 12.8 Å². The number of ether oxygens (including phenoxy) is 2. The lowest BCUT2D eigenvalue weighted by Crippen LogP contribution is -2.34. The van der Waals surface area contributed by atoms with Crippen molar-refractivity contribution in [1.29, 1.82) is 0 Å². The van der Waals surface area contributed by atoms with Crippen LogP contribution < -0.4 is 10.1 Å². The quantitative estimate of drug-likeness (QED) is 0.837. The van der Waals surface area contributed by atoms with Crippen LogP contribution in [0.1, 0.15) is 23.2 Å². The average Bonchev–Trinajstić information content (AvgIpc) is 3.24. The highest BCUT2D eigenvalue weighted by Crippen LogP contribution is 2.33. The summed E-state index contributed by atoms with van der Waals surface area (Å²) in [7, 11) is 3.28.